The van der Waals surface area contributed by atoms with E-state index >= 15 is 0 Å². The van der Waals surface area contributed by atoms with E-state index in [1.807, 2.05) is 36.4 Å². The molecular weight excluding hydrogens is 460 g/mol. The number of likely N-dealkylation sites (tertiary alicyclic amines) is 1. The standard InChI is InChI=1S/C28H22N2O6/c1-28(26(33)36-30-24(31)21-12-6-7-13-22(21)25(30)32)14-15-29(28)27(34)35-16-23-19-10-4-2-8-17(19)18-9-3-5-11-20(18)23/h2-13,23H,14-16H2,1H3. The van der Waals surface area contributed by atoms with Crippen LogP contribution in [0, 0.1) is 0 Å². The first-order valence-corrected chi connectivity index (χ1v) is 11.7. The van der Waals surface area contributed by atoms with E-state index in [0.717, 1.165) is 22.3 Å². The minimum absolute atomic E-state index is 0.112. The van der Waals surface area contributed by atoms with Crippen LogP contribution in [0.3, 0.4) is 0 Å². The van der Waals surface area contributed by atoms with Gasteiger partial charge in [0.1, 0.15) is 12.1 Å². The number of imide groups is 1. The van der Waals surface area contributed by atoms with Gasteiger partial charge < -0.3 is 9.57 Å². The Kier molecular flexibility index (Phi) is 4.93. The molecule has 3 aromatic carbocycles. The van der Waals surface area contributed by atoms with Gasteiger partial charge in [-0.05, 0) is 47.7 Å². The molecule has 1 aliphatic carbocycles. The molecule has 180 valence electrons. The van der Waals surface area contributed by atoms with Gasteiger partial charge >= 0.3 is 12.1 Å². The maximum absolute atomic E-state index is 13.0. The van der Waals surface area contributed by atoms with Crippen LogP contribution in [-0.4, -0.2) is 52.5 Å². The molecule has 2 heterocycles. The molecule has 0 bridgehead atoms. The van der Waals surface area contributed by atoms with Gasteiger partial charge in [0.05, 0.1) is 11.1 Å². The summed E-state index contributed by atoms with van der Waals surface area (Å²) in [5.41, 5.74) is 3.40. The first-order chi connectivity index (χ1) is 17.4. The molecule has 0 saturated carbocycles. The van der Waals surface area contributed by atoms with Crippen LogP contribution in [0.25, 0.3) is 11.1 Å². The van der Waals surface area contributed by atoms with Gasteiger partial charge in [-0.25, -0.2) is 9.59 Å². The minimum atomic E-state index is -1.35. The Balaban J connectivity index is 1.14. The van der Waals surface area contributed by atoms with Gasteiger partial charge in [0.2, 0.25) is 0 Å². The van der Waals surface area contributed by atoms with E-state index in [2.05, 4.69) is 12.1 Å². The molecule has 8 heteroatoms. The summed E-state index contributed by atoms with van der Waals surface area (Å²) in [7, 11) is 0. The Bertz CT molecular complexity index is 1370. The number of hydrogen-bond acceptors (Lipinski definition) is 6. The van der Waals surface area contributed by atoms with Crippen molar-refractivity contribution in [2.24, 2.45) is 0 Å². The lowest BCUT2D eigenvalue weighted by Crippen LogP contribution is -2.66. The molecule has 3 amide bonds. The third-order valence-corrected chi connectivity index (χ3v) is 7.35. The number of rotatable bonds is 4. The minimum Gasteiger partial charge on any atom is -0.448 e. The molecule has 0 spiro atoms. The monoisotopic (exact) mass is 482 g/mol. The van der Waals surface area contributed by atoms with Crippen LogP contribution < -0.4 is 0 Å². The number of ether oxygens (including phenoxy) is 1. The fraction of sp³-hybridized carbons (Fsp3) is 0.214. The normalized spacial score (nSPS) is 19.9. The number of amides is 3. The second kappa shape index (κ2) is 8.05. The summed E-state index contributed by atoms with van der Waals surface area (Å²) < 4.78 is 5.68. The molecule has 2 aliphatic heterocycles. The summed E-state index contributed by atoms with van der Waals surface area (Å²) in [4.78, 5) is 57.7. The van der Waals surface area contributed by atoms with Gasteiger partial charge in [-0.2, -0.15) is 0 Å². The summed E-state index contributed by atoms with van der Waals surface area (Å²) >= 11 is 0. The van der Waals surface area contributed by atoms with Crippen LogP contribution in [0.2, 0.25) is 0 Å². The Morgan fingerprint density at radius 1 is 0.833 bits per heavy atom. The molecule has 0 aromatic heterocycles. The molecule has 1 unspecified atom stereocenters. The SMILES string of the molecule is CC1(C(=O)ON2C(=O)c3ccccc3C2=O)CCN1C(=O)OCC1c2ccccc2-c2ccccc21. The third kappa shape index (κ3) is 3.14. The maximum atomic E-state index is 13.0. The molecule has 1 atom stereocenters. The van der Waals surface area contributed by atoms with Crippen molar-refractivity contribution in [3.63, 3.8) is 0 Å². The lowest BCUT2D eigenvalue weighted by molar-refractivity contribution is -0.188. The van der Waals surface area contributed by atoms with Crippen LogP contribution in [0.4, 0.5) is 4.79 Å². The zero-order valence-corrected chi connectivity index (χ0v) is 19.5. The topological polar surface area (TPSA) is 93.2 Å². The number of hydroxylamine groups is 2. The van der Waals surface area contributed by atoms with Crippen LogP contribution in [0.1, 0.15) is 51.1 Å². The highest BCUT2D eigenvalue weighted by Crippen LogP contribution is 2.45. The fourth-order valence-electron chi connectivity index (χ4n) is 5.17. The van der Waals surface area contributed by atoms with E-state index < -0.39 is 29.4 Å². The summed E-state index contributed by atoms with van der Waals surface area (Å²) in [5, 5.41) is 0.465. The van der Waals surface area contributed by atoms with Crippen molar-refractivity contribution in [2.75, 3.05) is 13.2 Å². The largest absolute Gasteiger partial charge is 0.448 e. The van der Waals surface area contributed by atoms with Crippen molar-refractivity contribution in [3.05, 3.63) is 95.1 Å². The summed E-state index contributed by atoms with van der Waals surface area (Å²) in [6, 6.07) is 22.3. The quantitative estimate of drug-likeness (QED) is 0.519. The smallest absolute Gasteiger partial charge is 0.410 e. The van der Waals surface area contributed by atoms with Crippen LogP contribution >= 0.6 is 0 Å². The second-order valence-corrected chi connectivity index (χ2v) is 9.31. The zero-order chi connectivity index (χ0) is 25.0. The zero-order valence-electron chi connectivity index (χ0n) is 19.5. The van der Waals surface area contributed by atoms with Crippen molar-refractivity contribution in [1.29, 1.82) is 0 Å². The second-order valence-electron chi connectivity index (χ2n) is 9.31. The van der Waals surface area contributed by atoms with Gasteiger partial charge in [-0.3, -0.25) is 14.5 Å². The van der Waals surface area contributed by atoms with Gasteiger partial charge in [0.25, 0.3) is 11.8 Å². The number of carbonyl (C=O) groups excluding carboxylic acids is 4. The van der Waals surface area contributed by atoms with Crippen molar-refractivity contribution in [1.82, 2.24) is 9.96 Å². The maximum Gasteiger partial charge on any atom is 0.410 e. The highest BCUT2D eigenvalue weighted by atomic mass is 16.7. The van der Waals surface area contributed by atoms with Crippen molar-refractivity contribution >= 4 is 23.9 Å². The van der Waals surface area contributed by atoms with E-state index in [0.29, 0.717) is 18.0 Å². The Morgan fingerprint density at radius 2 is 1.33 bits per heavy atom. The molecule has 0 N–H and O–H groups in total. The number of nitrogens with zero attached hydrogens (tertiary/aromatic N) is 2. The first kappa shape index (κ1) is 22.0. The predicted octanol–water partition coefficient (Wildman–Crippen LogP) is 4.15. The Labute approximate surface area is 207 Å². The highest BCUT2D eigenvalue weighted by molar-refractivity contribution is 6.21. The van der Waals surface area contributed by atoms with E-state index in [1.54, 1.807) is 19.1 Å². The molecule has 0 radical (unpaired) electrons. The summed E-state index contributed by atoms with van der Waals surface area (Å²) in [6.45, 7) is 1.95. The number of fused-ring (bicyclic) bond motifs is 4. The van der Waals surface area contributed by atoms with E-state index in [-0.39, 0.29) is 23.7 Å². The lowest BCUT2D eigenvalue weighted by atomic mass is 9.87. The van der Waals surface area contributed by atoms with Gasteiger partial charge in [0.15, 0.2) is 0 Å². The number of benzene rings is 3. The molecule has 1 fully saturated rings. The molecular formula is C28H22N2O6. The van der Waals surface area contributed by atoms with Crippen molar-refractivity contribution in [2.45, 2.75) is 24.8 Å². The molecule has 3 aromatic rings. The van der Waals surface area contributed by atoms with E-state index in [4.69, 9.17) is 9.57 Å². The third-order valence-electron chi connectivity index (χ3n) is 7.35. The highest BCUT2D eigenvalue weighted by Gasteiger charge is 2.54. The predicted molar refractivity (Wildman–Crippen MR) is 128 cm³/mol. The molecule has 3 aliphatic rings. The Morgan fingerprint density at radius 3 is 1.83 bits per heavy atom. The van der Waals surface area contributed by atoms with Crippen LogP contribution in [0.15, 0.2) is 72.8 Å². The fourth-order valence-corrected chi connectivity index (χ4v) is 5.17. The molecule has 6 rings (SSSR count). The lowest BCUT2D eigenvalue weighted by Gasteiger charge is -2.47. The molecule has 1 saturated heterocycles. The average molecular weight is 482 g/mol. The molecule has 36 heavy (non-hydrogen) atoms. The van der Waals surface area contributed by atoms with Crippen LogP contribution in [0.5, 0.6) is 0 Å². The van der Waals surface area contributed by atoms with Crippen LogP contribution in [-0.2, 0) is 14.4 Å². The van der Waals surface area contributed by atoms with Crippen molar-refractivity contribution < 1.29 is 28.8 Å². The van der Waals surface area contributed by atoms with Gasteiger partial charge in [-0.15, -0.1) is 0 Å². The summed E-state index contributed by atoms with van der Waals surface area (Å²) in [6.07, 6.45) is -0.330. The van der Waals surface area contributed by atoms with Crippen molar-refractivity contribution in [3.8, 4) is 11.1 Å². The van der Waals surface area contributed by atoms with Gasteiger partial charge in [-0.1, -0.05) is 65.7 Å². The number of hydrogen-bond donors (Lipinski definition) is 0. The Hall–Kier alpha value is -4.46. The number of carbonyl (C=O) groups is 4. The first-order valence-electron chi connectivity index (χ1n) is 11.7. The van der Waals surface area contributed by atoms with E-state index in [1.165, 1.54) is 17.0 Å². The average Bonchev–Trinajstić information content (AvgIpc) is 3.33. The summed E-state index contributed by atoms with van der Waals surface area (Å²) in [5.74, 6) is -2.39. The molecule has 8 nitrogen and oxygen atoms in total. The van der Waals surface area contributed by atoms with E-state index in [9.17, 15) is 19.2 Å². The van der Waals surface area contributed by atoms with Gasteiger partial charge in [0, 0.05) is 12.5 Å².